The van der Waals surface area contributed by atoms with Crippen LogP contribution in [0.4, 0.5) is 0 Å². The highest BCUT2D eigenvalue weighted by Gasteiger charge is 2.30. The SMILES string of the molecule is CC(Sc1nnc(CC2CCS(=O)(=O)C2)o1)C(=O)N(Cc1ccccc1)Cc1ccccc1. The predicted octanol–water partition coefficient (Wildman–Crippen LogP) is 3.76. The maximum atomic E-state index is 13.4. The molecule has 2 heterocycles. The molecule has 1 saturated heterocycles. The van der Waals surface area contributed by atoms with Crippen molar-refractivity contribution < 1.29 is 17.6 Å². The van der Waals surface area contributed by atoms with E-state index in [1.807, 2.05) is 72.5 Å². The molecule has 1 aliphatic heterocycles. The molecule has 2 unspecified atom stereocenters. The van der Waals surface area contributed by atoms with Crippen molar-refractivity contribution in [2.45, 2.75) is 43.3 Å². The minimum Gasteiger partial charge on any atom is -0.416 e. The summed E-state index contributed by atoms with van der Waals surface area (Å²) in [5.41, 5.74) is 2.12. The molecule has 3 aromatic rings. The van der Waals surface area contributed by atoms with E-state index in [4.69, 9.17) is 4.42 Å². The van der Waals surface area contributed by atoms with Crippen molar-refractivity contribution in [2.24, 2.45) is 5.92 Å². The van der Waals surface area contributed by atoms with Gasteiger partial charge in [-0.05, 0) is 30.4 Å². The number of thioether (sulfide) groups is 1. The maximum absolute atomic E-state index is 13.4. The van der Waals surface area contributed by atoms with Crippen LogP contribution in [-0.4, -0.2) is 46.2 Å². The second-order valence-corrected chi connectivity index (χ2v) is 11.9. The Bertz CT molecular complexity index is 1130. The van der Waals surface area contributed by atoms with Crippen molar-refractivity contribution in [1.29, 1.82) is 0 Å². The summed E-state index contributed by atoms with van der Waals surface area (Å²) in [5.74, 6) is 0.803. The Morgan fingerprint density at radius 1 is 1.06 bits per heavy atom. The normalized spacial score (nSPS) is 18.2. The van der Waals surface area contributed by atoms with Crippen LogP contribution >= 0.6 is 11.8 Å². The van der Waals surface area contributed by atoms with Crippen LogP contribution in [0.1, 0.15) is 30.4 Å². The summed E-state index contributed by atoms with van der Waals surface area (Å²) in [6.07, 6.45) is 1.07. The molecule has 0 spiro atoms. The van der Waals surface area contributed by atoms with Gasteiger partial charge in [-0.25, -0.2) is 8.42 Å². The van der Waals surface area contributed by atoms with Crippen molar-refractivity contribution in [2.75, 3.05) is 11.5 Å². The van der Waals surface area contributed by atoms with Crippen LogP contribution in [0.3, 0.4) is 0 Å². The fourth-order valence-electron chi connectivity index (χ4n) is 3.93. The Balaban J connectivity index is 1.41. The van der Waals surface area contributed by atoms with Gasteiger partial charge in [-0.15, -0.1) is 10.2 Å². The average molecular weight is 486 g/mol. The van der Waals surface area contributed by atoms with Crippen molar-refractivity contribution >= 4 is 27.5 Å². The first-order valence-corrected chi connectivity index (χ1v) is 13.6. The summed E-state index contributed by atoms with van der Waals surface area (Å²) in [7, 11) is -2.95. The molecule has 1 aromatic heterocycles. The number of amides is 1. The Hall–Kier alpha value is -2.65. The highest BCUT2D eigenvalue weighted by atomic mass is 32.2. The molecule has 0 bridgehead atoms. The summed E-state index contributed by atoms with van der Waals surface area (Å²) < 4.78 is 29.1. The van der Waals surface area contributed by atoms with Crippen molar-refractivity contribution in [1.82, 2.24) is 15.1 Å². The molecular weight excluding hydrogens is 458 g/mol. The summed E-state index contributed by atoms with van der Waals surface area (Å²) in [6, 6.07) is 19.8. The smallest absolute Gasteiger partial charge is 0.277 e. The van der Waals surface area contributed by atoms with E-state index in [1.165, 1.54) is 11.8 Å². The Labute approximate surface area is 198 Å². The van der Waals surface area contributed by atoms with Gasteiger partial charge in [0, 0.05) is 19.5 Å². The lowest BCUT2D eigenvalue weighted by molar-refractivity contribution is -0.131. The van der Waals surface area contributed by atoms with Crippen molar-refractivity contribution in [3.63, 3.8) is 0 Å². The lowest BCUT2D eigenvalue weighted by Gasteiger charge is -2.25. The number of hydrogen-bond acceptors (Lipinski definition) is 7. The second kappa shape index (κ2) is 10.5. The molecule has 1 fully saturated rings. The quantitative estimate of drug-likeness (QED) is 0.426. The second-order valence-electron chi connectivity index (χ2n) is 8.36. The minimum atomic E-state index is -2.95. The van der Waals surface area contributed by atoms with Gasteiger partial charge in [0.2, 0.25) is 11.8 Å². The third-order valence-electron chi connectivity index (χ3n) is 5.61. The zero-order valence-electron chi connectivity index (χ0n) is 18.5. The Morgan fingerprint density at radius 2 is 1.67 bits per heavy atom. The van der Waals surface area contributed by atoms with Gasteiger partial charge < -0.3 is 9.32 Å². The summed E-state index contributed by atoms with van der Waals surface area (Å²) in [5, 5.41) is 8.04. The molecule has 1 aliphatic rings. The fraction of sp³-hybridized carbons (Fsp3) is 0.375. The molecule has 0 saturated carbocycles. The first-order valence-electron chi connectivity index (χ1n) is 10.9. The molecule has 0 N–H and O–H groups in total. The fourth-order valence-corrected chi connectivity index (χ4v) is 6.57. The van der Waals surface area contributed by atoms with E-state index in [0.29, 0.717) is 37.0 Å². The largest absolute Gasteiger partial charge is 0.416 e. The van der Waals surface area contributed by atoms with Gasteiger partial charge in [-0.3, -0.25) is 4.79 Å². The standard InChI is InChI=1S/C24H27N3O4S2/c1-18(32-24-26-25-22(31-24)14-21-12-13-33(29,30)17-21)23(28)27(15-19-8-4-2-5-9-19)16-20-10-6-3-7-11-20/h2-11,18,21H,12-17H2,1H3. The van der Waals surface area contributed by atoms with Crippen LogP contribution < -0.4 is 0 Å². The highest BCUT2D eigenvalue weighted by molar-refractivity contribution is 8.00. The van der Waals surface area contributed by atoms with E-state index in [9.17, 15) is 13.2 Å². The minimum absolute atomic E-state index is 0.0135. The maximum Gasteiger partial charge on any atom is 0.277 e. The van der Waals surface area contributed by atoms with E-state index in [-0.39, 0.29) is 23.3 Å². The van der Waals surface area contributed by atoms with Gasteiger partial charge >= 0.3 is 0 Å². The van der Waals surface area contributed by atoms with Gasteiger partial charge in [0.25, 0.3) is 5.22 Å². The van der Waals surface area contributed by atoms with Crippen molar-refractivity contribution in [3.05, 3.63) is 77.7 Å². The molecule has 2 aromatic carbocycles. The number of sulfone groups is 1. The van der Waals surface area contributed by atoms with Gasteiger partial charge in [0.15, 0.2) is 9.84 Å². The molecule has 1 amide bonds. The molecule has 33 heavy (non-hydrogen) atoms. The van der Waals surface area contributed by atoms with E-state index >= 15 is 0 Å². The Kier molecular flexibility index (Phi) is 7.49. The molecule has 174 valence electrons. The van der Waals surface area contributed by atoms with E-state index < -0.39 is 15.1 Å². The van der Waals surface area contributed by atoms with Crippen LogP contribution in [0.15, 0.2) is 70.3 Å². The van der Waals surface area contributed by atoms with E-state index in [1.54, 1.807) is 0 Å². The van der Waals surface area contributed by atoms with E-state index in [2.05, 4.69) is 10.2 Å². The van der Waals surface area contributed by atoms with Crippen LogP contribution in [0.25, 0.3) is 0 Å². The number of aromatic nitrogens is 2. The number of benzene rings is 2. The Morgan fingerprint density at radius 3 is 2.21 bits per heavy atom. The molecule has 7 nitrogen and oxygen atoms in total. The summed E-state index contributed by atoms with van der Waals surface area (Å²) in [4.78, 5) is 15.2. The first-order chi connectivity index (χ1) is 15.9. The number of hydrogen-bond donors (Lipinski definition) is 0. The highest BCUT2D eigenvalue weighted by Crippen LogP contribution is 2.27. The monoisotopic (exact) mass is 485 g/mol. The number of rotatable bonds is 9. The van der Waals surface area contributed by atoms with Crippen molar-refractivity contribution in [3.8, 4) is 0 Å². The van der Waals surface area contributed by atoms with Gasteiger partial charge in [0.1, 0.15) is 0 Å². The molecule has 4 rings (SSSR count). The lowest BCUT2D eigenvalue weighted by Crippen LogP contribution is -2.35. The first kappa shape index (κ1) is 23.5. The topological polar surface area (TPSA) is 93.4 Å². The molecule has 0 aliphatic carbocycles. The number of nitrogens with zero attached hydrogens (tertiary/aromatic N) is 3. The number of carbonyl (C=O) groups is 1. The molecule has 9 heteroatoms. The summed E-state index contributed by atoms with van der Waals surface area (Å²) in [6.45, 7) is 2.85. The van der Waals surface area contributed by atoms with Crippen LogP contribution in [0.2, 0.25) is 0 Å². The third-order valence-corrected chi connectivity index (χ3v) is 8.37. The number of carbonyl (C=O) groups excluding carboxylic acids is 1. The summed E-state index contributed by atoms with van der Waals surface area (Å²) >= 11 is 1.23. The zero-order valence-corrected chi connectivity index (χ0v) is 20.1. The third kappa shape index (κ3) is 6.68. The van der Waals surface area contributed by atoms with Gasteiger partial charge in [-0.1, -0.05) is 72.4 Å². The van der Waals surface area contributed by atoms with Crippen LogP contribution in [0.5, 0.6) is 0 Å². The van der Waals surface area contributed by atoms with E-state index in [0.717, 1.165) is 11.1 Å². The predicted molar refractivity (Wildman–Crippen MR) is 127 cm³/mol. The molecular formula is C24H27N3O4S2. The van der Waals surface area contributed by atoms with Crippen LogP contribution in [0, 0.1) is 5.92 Å². The zero-order chi connectivity index (χ0) is 23.3. The molecule has 2 atom stereocenters. The molecule has 0 radical (unpaired) electrons. The van der Waals surface area contributed by atoms with Gasteiger partial charge in [0.05, 0.1) is 16.8 Å². The van der Waals surface area contributed by atoms with Gasteiger partial charge in [-0.2, -0.15) is 0 Å². The van der Waals surface area contributed by atoms with Crippen LogP contribution in [-0.2, 0) is 34.1 Å². The average Bonchev–Trinajstić information content (AvgIpc) is 3.39. The lowest BCUT2D eigenvalue weighted by atomic mass is 10.1.